The summed E-state index contributed by atoms with van der Waals surface area (Å²) in [5, 5.41) is 7.54. The van der Waals surface area contributed by atoms with Gasteiger partial charge in [-0.05, 0) is 24.3 Å². The van der Waals surface area contributed by atoms with E-state index in [2.05, 4.69) is 15.4 Å². The maximum atomic E-state index is 12.6. The first kappa shape index (κ1) is 14.9. The Morgan fingerprint density at radius 1 is 1.20 bits per heavy atom. The highest BCUT2D eigenvalue weighted by molar-refractivity contribution is 6.08. The molecular weight excluding hydrogens is 320 g/mol. The summed E-state index contributed by atoms with van der Waals surface area (Å²) in [6, 6.07) is 14.1. The normalized spacial score (nSPS) is 10.9. The molecule has 0 aliphatic rings. The van der Waals surface area contributed by atoms with Crippen LogP contribution in [0.15, 0.2) is 59.5 Å². The van der Waals surface area contributed by atoms with Crippen molar-refractivity contribution < 1.29 is 9.53 Å². The number of benzene rings is 2. The number of methoxy groups -OCH3 is 1. The second kappa shape index (κ2) is 5.79. The fraction of sp³-hybridized carbons (Fsp3) is 0.0556. The van der Waals surface area contributed by atoms with Gasteiger partial charge in [0.1, 0.15) is 17.0 Å². The lowest BCUT2D eigenvalue weighted by Crippen LogP contribution is -2.15. The lowest BCUT2D eigenvalue weighted by molar-refractivity contribution is 0.102. The molecular formula is C18H14N4O3. The Morgan fingerprint density at radius 2 is 2.04 bits per heavy atom. The van der Waals surface area contributed by atoms with E-state index in [1.54, 1.807) is 54.1 Å². The molecule has 1 amide bonds. The monoisotopic (exact) mass is 334 g/mol. The maximum absolute atomic E-state index is 12.6. The maximum Gasteiger partial charge on any atom is 0.261 e. The van der Waals surface area contributed by atoms with Crippen molar-refractivity contribution in [1.29, 1.82) is 0 Å². The molecule has 124 valence electrons. The summed E-state index contributed by atoms with van der Waals surface area (Å²) in [6.07, 6.45) is 1.44. The Hall–Kier alpha value is -3.61. The molecule has 2 aromatic carbocycles. The van der Waals surface area contributed by atoms with Crippen molar-refractivity contribution in [3.05, 3.63) is 70.6 Å². The Morgan fingerprint density at radius 3 is 2.88 bits per heavy atom. The number of para-hydroxylation sites is 1. The zero-order chi connectivity index (χ0) is 17.4. The van der Waals surface area contributed by atoms with Crippen LogP contribution in [-0.4, -0.2) is 27.6 Å². The van der Waals surface area contributed by atoms with Crippen molar-refractivity contribution in [3.63, 3.8) is 0 Å². The largest absolute Gasteiger partial charge is 0.497 e. The Kier molecular flexibility index (Phi) is 3.46. The van der Waals surface area contributed by atoms with Crippen LogP contribution in [0.1, 0.15) is 10.4 Å². The number of aromatic amines is 1. The van der Waals surface area contributed by atoms with Crippen molar-refractivity contribution in [2.75, 3.05) is 12.4 Å². The van der Waals surface area contributed by atoms with Gasteiger partial charge in [0.2, 0.25) is 0 Å². The van der Waals surface area contributed by atoms with E-state index in [1.165, 1.54) is 6.20 Å². The van der Waals surface area contributed by atoms with Crippen LogP contribution >= 0.6 is 0 Å². The minimum Gasteiger partial charge on any atom is -0.497 e. The van der Waals surface area contributed by atoms with Crippen LogP contribution in [0.2, 0.25) is 0 Å². The number of amides is 1. The molecule has 0 bridgehead atoms. The Bertz CT molecular complexity index is 1160. The fourth-order valence-corrected chi connectivity index (χ4v) is 2.74. The molecule has 2 heterocycles. The molecule has 0 aliphatic carbocycles. The summed E-state index contributed by atoms with van der Waals surface area (Å²) < 4.78 is 6.70. The average Bonchev–Trinajstić information content (AvgIpc) is 3.06. The van der Waals surface area contributed by atoms with Gasteiger partial charge in [-0.3, -0.25) is 9.59 Å². The zero-order valence-electron chi connectivity index (χ0n) is 13.3. The lowest BCUT2D eigenvalue weighted by Gasteiger charge is -2.06. The second-order valence-electron chi connectivity index (χ2n) is 5.48. The highest BCUT2D eigenvalue weighted by atomic mass is 16.5. The van der Waals surface area contributed by atoms with Gasteiger partial charge in [-0.15, -0.1) is 0 Å². The van der Waals surface area contributed by atoms with Crippen LogP contribution in [-0.2, 0) is 0 Å². The Balaban J connectivity index is 1.79. The van der Waals surface area contributed by atoms with Gasteiger partial charge >= 0.3 is 0 Å². The van der Waals surface area contributed by atoms with E-state index in [-0.39, 0.29) is 17.0 Å². The van der Waals surface area contributed by atoms with Crippen LogP contribution in [0.25, 0.3) is 16.6 Å². The van der Waals surface area contributed by atoms with Crippen molar-refractivity contribution >= 4 is 28.1 Å². The van der Waals surface area contributed by atoms with Gasteiger partial charge in [-0.25, -0.2) is 4.52 Å². The number of rotatable bonds is 3. The van der Waals surface area contributed by atoms with E-state index in [0.29, 0.717) is 28.0 Å². The summed E-state index contributed by atoms with van der Waals surface area (Å²) >= 11 is 0. The molecule has 0 saturated carbocycles. The molecule has 0 radical (unpaired) electrons. The lowest BCUT2D eigenvalue weighted by atomic mass is 10.2. The minimum atomic E-state index is -0.366. The van der Waals surface area contributed by atoms with Gasteiger partial charge in [0.05, 0.1) is 24.2 Å². The topological polar surface area (TPSA) is 88.5 Å². The predicted molar refractivity (Wildman–Crippen MR) is 94.3 cm³/mol. The Labute approximate surface area is 141 Å². The zero-order valence-corrected chi connectivity index (χ0v) is 13.3. The number of ether oxygens (including phenoxy) is 1. The summed E-state index contributed by atoms with van der Waals surface area (Å²) in [4.78, 5) is 27.6. The molecule has 0 fully saturated rings. The predicted octanol–water partition coefficient (Wildman–Crippen LogP) is 2.44. The van der Waals surface area contributed by atoms with E-state index in [9.17, 15) is 9.59 Å². The van der Waals surface area contributed by atoms with Crippen LogP contribution in [0, 0.1) is 0 Å². The number of nitrogens with one attached hydrogen (secondary N) is 2. The molecule has 0 spiro atoms. The van der Waals surface area contributed by atoms with Crippen LogP contribution in [0.4, 0.5) is 5.69 Å². The number of H-pyrrole nitrogens is 1. The van der Waals surface area contributed by atoms with Gasteiger partial charge < -0.3 is 15.0 Å². The van der Waals surface area contributed by atoms with Gasteiger partial charge in [0, 0.05) is 11.8 Å². The highest BCUT2D eigenvalue weighted by Gasteiger charge is 2.16. The molecule has 0 atom stereocenters. The molecule has 2 aromatic heterocycles. The molecule has 0 aliphatic heterocycles. The quantitative estimate of drug-likeness (QED) is 0.602. The first-order valence-corrected chi connectivity index (χ1v) is 7.61. The molecule has 0 unspecified atom stereocenters. The van der Waals surface area contributed by atoms with Crippen molar-refractivity contribution in [1.82, 2.24) is 14.6 Å². The first-order valence-electron chi connectivity index (χ1n) is 7.61. The van der Waals surface area contributed by atoms with Gasteiger partial charge in [-0.1, -0.05) is 18.2 Å². The number of hydrogen-bond donors (Lipinski definition) is 2. The third-order valence-corrected chi connectivity index (χ3v) is 3.95. The number of hydrogen-bond acceptors (Lipinski definition) is 4. The molecule has 0 saturated heterocycles. The average molecular weight is 334 g/mol. The van der Waals surface area contributed by atoms with E-state index < -0.39 is 0 Å². The van der Waals surface area contributed by atoms with E-state index in [1.807, 2.05) is 6.07 Å². The fourth-order valence-electron chi connectivity index (χ4n) is 2.74. The standard InChI is InChI=1S/C18H14N4O3/c1-25-12-6-4-5-11(9-12)20-18(24)14-10-19-22-15-8-3-2-7-13(15)17(23)21-16(14)22/h2-10H,1H3,(H,20,24)(H,21,23). The third-order valence-electron chi connectivity index (χ3n) is 3.95. The van der Waals surface area contributed by atoms with Crippen molar-refractivity contribution in [3.8, 4) is 5.75 Å². The number of carbonyl (C=O) groups is 1. The first-order chi connectivity index (χ1) is 12.2. The van der Waals surface area contributed by atoms with Crippen LogP contribution in [0.5, 0.6) is 5.75 Å². The molecule has 7 nitrogen and oxygen atoms in total. The van der Waals surface area contributed by atoms with E-state index >= 15 is 0 Å². The summed E-state index contributed by atoms with van der Waals surface area (Å²) in [6.45, 7) is 0. The van der Waals surface area contributed by atoms with Gasteiger partial charge in [0.25, 0.3) is 11.5 Å². The van der Waals surface area contributed by atoms with Crippen molar-refractivity contribution in [2.45, 2.75) is 0 Å². The summed E-state index contributed by atoms with van der Waals surface area (Å²) in [5.74, 6) is 0.270. The minimum absolute atomic E-state index is 0.265. The second-order valence-corrected chi connectivity index (χ2v) is 5.48. The molecule has 7 heteroatoms. The van der Waals surface area contributed by atoms with Crippen LogP contribution < -0.4 is 15.6 Å². The highest BCUT2D eigenvalue weighted by Crippen LogP contribution is 2.19. The number of fused-ring (bicyclic) bond motifs is 3. The third kappa shape index (κ3) is 2.51. The van der Waals surface area contributed by atoms with Crippen LogP contribution in [0.3, 0.4) is 0 Å². The number of nitrogens with zero attached hydrogens (tertiary/aromatic N) is 2. The van der Waals surface area contributed by atoms with E-state index in [0.717, 1.165) is 0 Å². The van der Waals surface area contributed by atoms with Gasteiger partial charge in [0.15, 0.2) is 0 Å². The molecule has 2 N–H and O–H groups in total. The number of anilines is 1. The summed E-state index contributed by atoms with van der Waals surface area (Å²) in [5.41, 5.74) is 1.60. The molecule has 4 aromatic rings. The van der Waals surface area contributed by atoms with E-state index in [4.69, 9.17) is 4.74 Å². The smallest absolute Gasteiger partial charge is 0.261 e. The number of carbonyl (C=O) groups excluding carboxylic acids is 1. The number of aromatic nitrogens is 3. The van der Waals surface area contributed by atoms with Gasteiger partial charge in [-0.2, -0.15) is 5.10 Å². The SMILES string of the molecule is COc1cccc(NC(=O)c2cnn3c2[nH]c(=O)c2ccccc23)c1. The summed E-state index contributed by atoms with van der Waals surface area (Å²) in [7, 11) is 1.56. The molecule has 25 heavy (non-hydrogen) atoms. The molecule has 4 rings (SSSR count). The van der Waals surface area contributed by atoms with Crippen molar-refractivity contribution in [2.24, 2.45) is 0 Å².